The average molecular weight is 246 g/mol. The minimum absolute atomic E-state index is 0.547. The van der Waals surface area contributed by atoms with Gasteiger partial charge in [0, 0.05) is 30.9 Å². The summed E-state index contributed by atoms with van der Waals surface area (Å²) in [5, 5.41) is 7.62. The molecule has 18 heavy (non-hydrogen) atoms. The van der Waals surface area contributed by atoms with Crippen molar-refractivity contribution in [3.63, 3.8) is 0 Å². The molecule has 1 fully saturated rings. The van der Waals surface area contributed by atoms with Crippen LogP contribution in [-0.4, -0.2) is 45.8 Å². The quantitative estimate of drug-likeness (QED) is 0.842. The number of nitrogens with one attached hydrogen (secondary N) is 1. The fourth-order valence-electron chi connectivity index (χ4n) is 2.56. The van der Waals surface area contributed by atoms with E-state index < -0.39 is 0 Å². The molecule has 0 radical (unpaired) electrons. The molecule has 0 saturated carbocycles. The second kappa shape index (κ2) is 4.53. The zero-order chi connectivity index (χ0) is 12.5. The van der Waals surface area contributed by atoms with Crippen LogP contribution in [0.25, 0.3) is 5.78 Å². The van der Waals surface area contributed by atoms with Crippen LogP contribution >= 0.6 is 0 Å². The Hall–Kier alpha value is -1.69. The van der Waals surface area contributed by atoms with Crippen molar-refractivity contribution in [3.05, 3.63) is 18.1 Å². The maximum atomic E-state index is 4.38. The summed E-state index contributed by atoms with van der Waals surface area (Å²) in [5.41, 5.74) is 0.983. The summed E-state index contributed by atoms with van der Waals surface area (Å²) >= 11 is 0. The number of hydrogen-bond acceptors (Lipinski definition) is 5. The van der Waals surface area contributed by atoms with Crippen LogP contribution in [0, 0.1) is 6.92 Å². The number of aryl methyl sites for hydroxylation is 1. The van der Waals surface area contributed by atoms with Gasteiger partial charge in [0.05, 0.1) is 0 Å². The second-order valence-corrected chi connectivity index (χ2v) is 4.80. The van der Waals surface area contributed by atoms with Gasteiger partial charge in [0.2, 0.25) is 0 Å². The highest BCUT2D eigenvalue weighted by molar-refractivity contribution is 5.47. The Morgan fingerprint density at radius 1 is 1.44 bits per heavy atom. The number of aromatic nitrogens is 4. The molecule has 0 aromatic carbocycles. The lowest BCUT2D eigenvalue weighted by Gasteiger charge is -2.34. The fourth-order valence-corrected chi connectivity index (χ4v) is 2.56. The number of likely N-dealkylation sites (N-methyl/N-ethyl adjacent to an activating group) is 1. The third-order valence-electron chi connectivity index (χ3n) is 3.51. The van der Waals surface area contributed by atoms with Crippen LogP contribution in [0.15, 0.2) is 12.4 Å². The summed E-state index contributed by atoms with van der Waals surface area (Å²) in [5.74, 6) is 1.77. The Morgan fingerprint density at radius 2 is 2.33 bits per heavy atom. The Kier molecular flexibility index (Phi) is 2.87. The molecule has 1 atom stereocenters. The van der Waals surface area contributed by atoms with E-state index in [4.69, 9.17) is 0 Å². The highest BCUT2D eigenvalue weighted by Gasteiger charge is 2.21. The van der Waals surface area contributed by atoms with Crippen LogP contribution in [0.5, 0.6) is 0 Å². The highest BCUT2D eigenvalue weighted by Crippen LogP contribution is 2.20. The number of hydrogen-bond donors (Lipinski definition) is 1. The summed E-state index contributed by atoms with van der Waals surface area (Å²) in [7, 11) is 2.02. The number of fused-ring (bicyclic) bond motifs is 1. The van der Waals surface area contributed by atoms with Gasteiger partial charge in [-0.05, 0) is 26.8 Å². The Morgan fingerprint density at radius 3 is 3.17 bits per heavy atom. The molecule has 0 aliphatic carbocycles. The van der Waals surface area contributed by atoms with Crippen molar-refractivity contribution in [2.75, 3.05) is 25.0 Å². The molecule has 2 aromatic rings. The van der Waals surface area contributed by atoms with Crippen LogP contribution in [0.2, 0.25) is 0 Å². The molecule has 1 aliphatic heterocycles. The molecule has 1 N–H and O–H groups in total. The van der Waals surface area contributed by atoms with E-state index in [1.165, 1.54) is 12.8 Å². The summed E-state index contributed by atoms with van der Waals surface area (Å²) in [4.78, 5) is 10.9. The molecule has 0 spiro atoms. The Labute approximate surface area is 106 Å². The van der Waals surface area contributed by atoms with Gasteiger partial charge in [-0.15, -0.1) is 0 Å². The minimum Gasteiger partial charge on any atom is -0.355 e. The number of rotatable bonds is 2. The van der Waals surface area contributed by atoms with Gasteiger partial charge in [0.25, 0.3) is 5.78 Å². The van der Waals surface area contributed by atoms with Crippen LogP contribution in [0.1, 0.15) is 18.5 Å². The molecule has 3 rings (SSSR count). The SMILES string of the molecule is CNC1CCCN(c2cc(C)nc3ncnn23)C1. The number of piperidine rings is 1. The van der Waals surface area contributed by atoms with E-state index in [2.05, 4.69) is 31.3 Å². The van der Waals surface area contributed by atoms with E-state index in [1.807, 2.05) is 18.5 Å². The first-order valence-corrected chi connectivity index (χ1v) is 6.37. The molecular weight excluding hydrogens is 228 g/mol. The molecule has 6 nitrogen and oxygen atoms in total. The van der Waals surface area contributed by atoms with Gasteiger partial charge in [-0.2, -0.15) is 14.6 Å². The lowest BCUT2D eigenvalue weighted by atomic mass is 10.1. The molecule has 0 bridgehead atoms. The van der Waals surface area contributed by atoms with Crippen molar-refractivity contribution in [1.82, 2.24) is 24.9 Å². The molecule has 2 aromatic heterocycles. The van der Waals surface area contributed by atoms with Gasteiger partial charge < -0.3 is 10.2 Å². The third kappa shape index (κ3) is 1.92. The summed E-state index contributed by atoms with van der Waals surface area (Å²) in [6.07, 6.45) is 3.99. The van der Waals surface area contributed by atoms with Crippen molar-refractivity contribution in [3.8, 4) is 0 Å². The summed E-state index contributed by atoms with van der Waals surface area (Å²) in [6, 6.07) is 2.63. The van der Waals surface area contributed by atoms with Gasteiger partial charge in [0.1, 0.15) is 12.1 Å². The van der Waals surface area contributed by atoms with E-state index in [0.717, 1.165) is 24.6 Å². The second-order valence-electron chi connectivity index (χ2n) is 4.80. The van der Waals surface area contributed by atoms with Crippen molar-refractivity contribution in [2.45, 2.75) is 25.8 Å². The maximum absolute atomic E-state index is 4.38. The van der Waals surface area contributed by atoms with Crippen molar-refractivity contribution >= 4 is 11.6 Å². The van der Waals surface area contributed by atoms with Gasteiger partial charge in [-0.3, -0.25) is 0 Å². The van der Waals surface area contributed by atoms with E-state index in [9.17, 15) is 0 Å². The Balaban J connectivity index is 2.00. The molecule has 0 amide bonds. The van der Waals surface area contributed by atoms with Gasteiger partial charge >= 0.3 is 0 Å². The summed E-state index contributed by atoms with van der Waals surface area (Å²) < 4.78 is 1.82. The van der Waals surface area contributed by atoms with Gasteiger partial charge in [-0.1, -0.05) is 0 Å². The van der Waals surface area contributed by atoms with Crippen molar-refractivity contribution in [1.29, 1.82) is 0 Å². The highest BCUT2D eigenvalue weighted by atomic mass is 15.4. The third-order valence-corrected chi connectivity index (χ3v) is 3.51. The molecule has 3 heterocycles. The lowest BCUT2D eigenvalue weighted by molar-refractivity contribution is 0.445. The number of nitrogens with zero attached hydrogens (tertiary/aromatic N) is 5. The monoisotopic (exact) mass is 246 g/mol. The normalized spacial score (nSPS) is 20.6. The Bertz CT molecular complexity index is 548. The molecule has 1 aliphatic rings. The van der Waals surface area contributed by atoms with E-state index in [0.29, 0.717) is 11.8 Å². The molecule has 1 unspecified atom stereocenters. The predicted molar refractivity (Wildman–Crippen MR) is 69.8 cm³/mol. The molecule has 1 saturated heterocycles. The van der Waals surface area contributed by atoms with Gasteiger partial charge in [0.15, 0.2) is 0 Å². The van der Waals surface area contributed by atoms with Crippen LogP contribution < -0.4 is 10.2 Å². The zero-order valence-corrected chi connectivity index (χ0v) is 10.8. The first kappa shape index (κ1) is 11.4. The van der Waals surface area contributed by atoms with E-state index >= 15 is 0 Å². The van der Waals surface area contributed by atoms with E-state index in [-0.39, 0.29) is 0 Å². The zero-order valence-electron chi connectivity index (χ0n) is 10.8. The van der Waals surface area contributed by atoms with Crippen LogP contribution in [-0.2, 0) is 0 Å². The van der Waals surface area contributed by atoms with Crippen molar-refractivity contribution in [2.24, 2.45) is 0 Å². The first-order valence-electron chi connectivity index (χ1n) is 6.37. The smallest absolute Gasteiger partial charge is 0.254 e. The van der Waals surface area contributed by atoms with Crippen LogP contribution in [0.4, 0.5) is 5.82 Å². The minimum atomic E-state index is 0.547. The maximum Gasteiger partial charge on any atom is 0.254 e. The van der Waals surface area contributed by atoms with Crippen LogP contribution in [0.3, 0.4) is 0 Å². The van der Waals surface area contributed by atoms with E-state index in [1.54, 1.807) is 6.33 Å². The first-order chi connectivity index (χ1) is 8.78. The standard InChI is InChI=1S/C12H18N6/c1-9-6-11(18-12(16-9)14-8-15-18)17-5-3-4-10(7-17)13-2/h6,8,10,13H,3-5,7H2,1-2H3. The topological polar surface area (TPSA) is 58.3 Å². The van der Waals surface area contributed by atoms with Gasteiger partial charge in [-0.25, -0.2) is 4.98 Å². The summed E-state index contributed by atoms with van der Waals surface area (Å²) in [6.45, 7) is 4.07. The molecule has 6 heteroatoms. The number of anilines is 1. The lowest BCUT2D eigenvalue weighted by Crippen LogP contribution is -2.45. The molecular formula is C12H18N6. The fraction of sp³-hybridized carbons (Fsp3) is 0.583. The average Bonchev–Trinajstić information content (AvgIpc) is 2.85. The largest absolute Gasteiger partial charge is 0.355 e. The van der Waals surface area contributed by atoms with Crippen molar-refractivity contribution < 1.29 is 0 Å². The predicted octanol–water partition coefficient (Wildman–Crippen LogP) is 0.621. The molecule has 96 valence electrons.